The molecule has 0 aliphatic carbocycles. The lowest BCUT2D eigenvalue weighted by Crippen LogP contribution is -2.43. The summed E-state index contributed by atoms with van der Waals surface area (Å²) >= 11 is 0. The summed E-state index contributed by atoms with van der Waals surface area (Å²) in [7, 11) is 0. The van der Waals surface area contributed by atoms with Crippen molar-refractivity contribution in [2.75, 3.05) is 13.2 Å². The molecule has 0 fully saturated rings. The molecule has 0 aromatic heterocycles. The van der Waals surface area contributed by atoms with Gasteiger partial charge in [0.05, 0.1) is 13.2 Å². The molecule has 0 saturated heterocycles. The van der Waals surface area contributed by atoms with Crippen LogP contribution >= 0.6 is 0 Å². The monoisotopic (exact) mass is 285 g/mol. The molecular weight excluding hydrogens is 258 g/mol. The first-order chi connectivity index (χ1) is 9.08. The molecule has 0 saturated carbocycles. The lowest BCUT2D eigenvalue weighted by molar-refractivity contribution is -0.199. The van der Waals surface area contributed by atoms with Crippen LogP contribution in [0.4, 0.5) is 4.79 Å². The van der Waals surface area contributed by atoms with Gasteiger partial charge < -0.3 is 19.5 Å². The molecule has 1 aliphatic rings. The molecule has 5 nitrogen and oxygen atoms in total. The molecule has 20 heavy (non-hydrogen) atoms. The fourth-order valence-electron chi connectivity index (χ4n) is 1.68. The molecule has 1 aliphatic heterocycles. The van der Waals surface area contributed by atoms with Gasteiger partial charge in [-0.15, -0.1) is 0 Å². The van der Waals surface area contributed by atoms with Crippen LogP contribution < -0.4 is 5.32 Å². The van der Waals surface area contributed by atoms with E-state index >= 15 is 0 Å². The number of rotatable bonds is 1. The van der Waals surface area contributed by atoms with Crippen molar-refractivity contribution < 1.29 is 19.0 Å². The minimum atomic E-state index is -0.440. The molecule has 116 valence electrons. The van der Waals surface area contributed by atoms with Crippen molar-refractivity contribution in [1.29, 1.82) is 0 Å². The highest BCUT2D eigenvalue weighted by Gasteiger charge is 2.28. The Morgan fingerprint density at radius 1 is 1.20 bits per heavy atom. The summed E-state index contributed by atoms with van der Waals surface area (Å²) in [4.78, 5) is 11.7. The summed E-state index contributed by atoms with van der Waals surface area (Å²) in [6, 6.07) is 0. The molecule has 1 unspecified atom stereocenters. The largest absolute Gasteiger partial charge is 0.440 e. The summed E-state index contributed by atoms with van der Waals surface area (Å²) in [5, 5.41) is 2.76. The van der Waals surface area contributed by atoms with E-state index in [1.165, 1.54) is 0 Å². The van der Waals surface area contributed by atoms with Gasteiger partial charge in [-0.3, -0.25) is 0 Å². The van der Waals surface area contributed by atoms with Crippen molar-refractivity contribution in [2.24, 2.45) is 5.41 Å². The maximum atomic E-state index is 11.7. The minimum Gasteiger partial charge on any atom is -0.440 e. The van der Waals surface area contributed by atoms with Crippen molar-refractivity contribution in [1.82, 2.24) is 5.32 Å². The first-order valence-corrected chi connectivity index (χ1v) is 6.96. The van der Waals surface area contributed by atoms with E-state index < -0.39 is 12.2 Å². The third kappa shape index (κ3) is 6.39. The van der Waals surface area contributed by atoms with Gasteiger partial charge >= 0.3 is 6.09 Å². The SMILES string of the molecule is CC(C)(C)NC(=O)OC1/C=C/CO[C@H](C(C)(C)C)OC1. The van der Waals surface area contributed by atoms with Gasteiger partial charge in [0.2, 0.25) is 0 Å². The summed E-state index contributed by atoms with van der Waals surface area (Å²) in [6.07, 6.45) is 2.50. The van der Waals surface area contributed by atoms with Crippen molar-refractivity contribution in [3.05, 3.63) is 12.2 Å². The quantitative estimate of drug-likeness (QED) is 0.753. The molecule has 0 bridgehead atoms. The van der Waals surface area contributed by atoms with Crippen LogP contribution in [0.1, 0.15) is 41.5 Å². The Morgan fingerprint density at radius 2 is 1.85 bits per heavy atom. The Labute approximate surface area is 121 Å². The van der Waals surface area contributed by atoms with Crippen molar-refractivity contribution in [3.63, 3.8) is 0 Å². The molecule has 0 spiro atoms. The fourth-order valence-corrected chi connectivity index (χ4v) is 1.68. The summed E-state index contributed by atoms with van der Waals surface area (Å²) < 4.78 is 16.7. The van der Waals surface area contributed by atoms with Gasteiger partial charge in [0.1, 0.15) is 6.10 Å². The zero-order valence-electron chi connectivity index (χ0n) is 13.4. The minimum absolute atomic E-state index is 0.122. The van der Waals surface area contributed by atoms with Gasteiger partial charge in [-0.05, 0) is 26.8 Å². The molecule has 0 aromatic rings. The van der Waals surface area contributed by atoms with Crippen LogP contribution in [0.25, 0.3) is 0 Å². The van der Waals surface area contributed by atoms with Crippen LogP contribution in [0.3, 0.4) is 0 Å². The number of hydrogen-bond donors (Lipinski definition) is 1. The van der Waals surface area contributed by atoms with Gasteiger partial charge in [-0.25, -0.2) is 4.79 Å². The van der Waals surface area contributed by atoms with E-state index in [2.05, 4.69) is 5.32 Å². The third-order valence-corrected chi connectivity index (χ3v) is 2.55. The standard InChI is InChI=1S/C15H27NO4/c1-14(2,3)12-18-9-7-8-11(10-19-12)20-13(17)16-15(4,5)6/h7-8,11-12H,9-10H2,1-6H3,(H,16,17)/b8-7+/t11?,12-/m0/s1. The number of hydrogen-bond acceptors (Lipinski definition) is 4. The second kappa shape index (κ2) is 6.59. The Bertz CT molecular complexity index is 352. The molecule has 1 heterocycles. The maximum Gasteiger partial charge on any atom is 0.408 e. The smallest absolute Gasteiger partial charge is 0.408 e. The van der Waals surface area contributed by atoms with Gasteiger partial charge in [-0.1, -0.05) is 26.8 Å². The molecule has 0 radical (unpaired) electrons. The van der Waals surface area contributed by atoms with Crippen LogP contribution in [0, 0.1) is 5.41 Å². The zero-order chi connectivity index (χ0) is 15.4. The summed E-state index contributed by atoms with van der Waals surface area (Å²) in [6.45, 7) is 12.6. The second-order valence-corrected chi connectivity index (χ2v) is 7.11. The maximum absolute atomic E-state index is 11.7. The van der Waals surface area contributed by atoms with E-state index in [0.29, 0.717) is 6.61 Å². The Morgan fingerprint density at radius 3 is 2.40 bits per heavy atom. The fraction of sp³-hybridized carbons (Fsp3) is 0.800. The number of alkyl carbamates (subject to hydrolysis) is 1. The van der Waals surface area contributed by atoms with Crippen LogP contribution in [-0.2, 0) is 14.2 Å². The van der Waals surface area contributed by atoms with E-state index in [-0.39, 0.29) is 23.9 Å². The first-order valence-electron chi connectivity index (χ1n) is 6.96. The average molecular weight is 285 g/mol. The van der Waals surface area contributed by atoms with Gasteiger partial charge in [0.15, 0.2) is 6.29 Å². The number of carbonyl (C=O) groups is 1. The zero-order valence-corrected chi connectivity index (χ0v) is 13.4. The van der Waals surface area contributed by atoms with Crippen molar-refractivity contribution >= 4 is 6.09 Å². The van der Waals surface area contributed by atoms with E-state index in [0.717, 1.165) is 0 Å². The number of carbonyl (C=O) groups excluding carboxylic acids is 1. The topological polar surface area (TPSA) is 56.8 Å². The van der Waals surface area contributed by atoms with Crippen LogP contribution in [0.2, 0.25) is 0 Å². The Hall–Kier alpha value is -1.07. The van der Waals surface area contributed by atoms with E-state index in [1.54, 1.807) is 6.08 Å². The van der Waals surface area contributed by atoms with Crippen molar-refractivity contribution in [3.8, 4) is 0 Å². The lowest BCUT2D eigenvalue weighted by Gasteiger charge is -2.32. The summed E-state index contributed by atoms with van der Waals surface area (Å²) in [5.74, 6) is 0. The molecule has 1 amide bonds. The van der Waals surface area contributed by atoms with Crippen LogP contribution in [-0.4, -0.2) is 37.2 Å². The molecule has 1 N–H and O–H groups in total. The van der Waals surface area contributed by atoms with Crippen LogP contribution in [0.15, 0.2) is 12.2 Å². The Kier molecular flexibility index (Phi) is 5.59. The number of nitrogens with one attached hydrogen (secondary N) is 1. The lowest BCUT2D eigenvalue weighted by atomic mass is 9.96. The predicted octanol–water partition coefficient (Wildman–Crippen LogP) is 2.85. The van der Waals surface area contributed by atoms with Gasteiger partial charge in [0, 0.05) is 11.0 Å². The predicted molar refractivity (Wildman–Crippen MR) is 77.4 cm³/mol. The second-order valence-electron chi connectivity index (χ2n) is 7.11. The van der Waals surface area contributed by atoms with Crippen molar-refractivity contribution in [2.45, 2.75) is 59.5 Å². The normalized spacial score (nSPS) is 26.3. The first kappa shape index (κ1) is 17.0. The van der Waals surface area contributed by atoms with E-state index in [4.69, 9.17) is 14.2 Å². The summed E-state index contributed by atoms with van der Waals surface area (Å²) in [5.41, 5.74) is -0.441. The highest BCUT2D eigenvalue weighted by Crippen LogP contribution is 2.24. The highest BCUT2D eigenvalue weighted by atomic mass is 16.7. The van der Waals surface area contributed by atoms with E-state index in [9.17, 15) is 4.79 Å². The number of amides is 1. The molecule has 5 heteroatoms. The molecule has 0 aromatic carbocycles. The number of ether oxygens (including phenoxy) is 3. The van der Waals surface area contributed by atoms with E-state index in [1.807, 2.05) is 47.6 Å². The van der Waals surface area contributed by atoms with Gasteiger partial charge in [-0.2, -0.15) is 0 Å². The van der Waals surface area contributed by atoms with Crippen LogP contribution in [0.5, 0.6) is 0 Å². The molecule has 2 atom stereocenters. The van der Waals surface area contributed by atoms with Gasteiger partial charge in [0.25, 0.3) is 0 Å². The third-order valence-electron chi connectivity index (χ3n) is 2.55. The molecule has 1 rings (SSSR count). The Balaban J connectivity index is 2.55. The molecular formula is C15H27NO4. The highest BCUT2D eigenvalue weighted by molar-refractivity contribution is 5.68. The average Bonchev–Trinajstić information content (AvgIpc) is 2.17.